The molecule has 41 heavy (non-hydrogen) atoms. The maximum Gasteiger partial charge on any atom is 0.328 e. The normalized spacial score (nSPS) is 13.6. The van der Waals surface area contributed by atoms with E-state index in [-0.39, 0.29) is 12.3 Å². The first-order valence-electron chi connectivity index (χ1n) is 15.1. The summed E-state index contributed by atoms with van der Waals surface area (Å²) in [5, 5.41) is 23.3. The van der Waals surface area contributed by atoms with E-state index in [0.717, 1.165) is 60.3 Å². The summed E-state index contributed by atoms with van der Waals surface area (Å²) < 4.78 is 2.34. The van der Waals surface area contributed by atoms with Crippen LogP contribution in [0.3, 0.4) is 0 Å². The maximum absolute atomic E-state index is 10.6. The van der Waals surface area contributed by atoms with Crippen molar-refractivity contribution in [1.82, 2.24) is 4.48 Å². The fourth-order valence-electron chi connectivity index (χ4n) is 7.11. The number of hydrogen-bond acceptors (Lipinski definition) is 2. The number of fused-ring (bicyclic) bond motifs is 5. The number of nitrogens with zero attached hydrogens (tertiary/aromatic N) is 3. The van der Waals surface area contributed by atoms with E-state index >= 15 is 0 Å². The minimum absolute atomic E-state index is 0.155. The summed E-state index contributed by atoms with van der Waals surface area (Å²) in [5.74, 6) is 0. The average Bonchev–Trinajstić information content (AvgIpc) is 3.32. The number of benzene rings is 4. The molecule has 1 aromatic heterocycles. The Morgan fingerprint density at radius 2 is 1.12 bits per heavy atom. The Hall–Kier alpha value is -4.28. The van der Waals surface area contributed by atoms with Crippen molar-refractivity contribution in [3.63, 3.8) is 0 Å². The molecule has 202 valence electrons. The first kappa shape index (κ1) is 26.9. The predicted octanol–water partition coefficient (Wildman–Crippen LogP) is 7.52. The molecule has 0 unspecified atom stereocenters. The zero-order valence-electron chi connectivity index (χ0n) is 24.6. The summed E-state index contributed by atoms with van der Waals surface area (Å²) in [4.78, 5) is 0. The Kier molecular flexibility index (Phi) is 6.97. The molecule has 2 heterocycles. The number of aromatic nitrogens is 1. The Morgan fingerprint density at radius 1 is 0.683 bits per heavy atom. The first-order valence-corrected chi connectivity index (χ1v) is 15.1. The number of hydrogen-bond donors (Lipinski definition) is 0. The minimum Gasteiger partial charge on any atom is -0.374 e. The van der Waals surface area contributed by atoms with Crippen LogP contribution in [-0.4, -0.2) is 11.3 Å². The van der Waals surface area contributed by atoms with E-state index in [4.69, 9.17) is 0 Å². The second kappa shape index (κ2) is 10.6. The van der Waals surface area contributed by atoms with E-state index in [1.807, 2.05) is 0 Å². The molecule has 0 atom stereocenters. The van der Waals surface area contributed by atoms with Gasteiger partial charge >= 0.3 is 6.85 Å². The summed E-state index contributed by atoms with van der Waals surface area (Å²) in [6, 6.07) is 31.3. The van der Waals surface area contributed by atoms with Gasteiger partial charge in [-0.25, -0.2) is 0 Å². The van der Waals surface area contributed by atoms with Crippen LogP contribution in [0.4, 0.5) is 0 Å². The van der Waals surface area contributed by atoms with Crippen molar-refractivity contribution in [3.05, 3.63) is 106 Å². The molecule has 0 N–H and O–H groups in total. The van der Waals surface area contributed by atoms with Crippen LogP contribution in [0, 0.1) is 22.7 Å². The molecule has 4 heteroatoms. The molecule has 0 spiro atoms. The highest BCUT2D eigenvalue weighted by Gasteiger charge is 2.42. The largest absolute Gasteiger partial charge is 0.374 e. The summed E-state index contributed by atoms with van der Waals surface area (Å²) in [5.41, 5.74) is 10.5. The molecule has 0 saturated carbocycles. The fraction of sp³-hybridized carbons (Fsp3) is 0.297. The van der Waals surface area contributed by atoms with Crippen LogP contribution in [0.25, 0.3) is 21.8 Å². The summed E-state index contributed by atoms with van der Waals surface area (Å²) >= 11 is 0. The Bertz CT molecular complexity index is 1750. The molecule has 0 fully saturated rings. The molecule has 5 aromatic rings. The molecule has 1 aliphatic rings. The number of aryl methyl sites for hydroxylation is 2. The third-order valence-electron chi connectivity index (χ3n) is 9.11. The third-order valence-corrected chi connectivity index (χ3v) is 9.11. The van der Waals surface area contributed by atoms with Gasteiger partial charge in [0.25, 0.3) is 0 Å². The van der Waals surface area contributed by atoms with Gasteiger partial charge in [0.1, 0.15) is 12.1 Å². The molecule has 0 saturated heterocycles. The molecule has 0 aliphatic carbocycles. The zero-order chi connectivity index (χ0) is 28.7. The van der Waals surface area contributed by atoms with Crippen molar-refractivity contribution in [1.29, 1.82) is 10.5 Å². The van der Waals surface area contributed by atoms with Crippen molar-refractivity contribution >= 4 is 39.6 Å². The van der Waals surface area contributed by atoms with Crippen LogP contribution in [0.15, 0.2) is 72.8 Å². The van der Waals surface area contributed by atoms with Crippen LogP contribution < -0.4 is 10.9 Å². The Balaban J connectivity index is 1.79. The zero-order valence-corrected chi connectivity index (χ0v) is 24.6. The highest BCUT2D eigenvalue weighted by atomic mass is 14.9. The molecule has 6 rings (SSSR count). The smallest absolute Gasteiger partial charge is 0.328 e. The minimum atomic E-state index is -0.167. The topological polar surface area (TPSA) is 52.5 Å². The van der Waals surface area contributed by atoms with E-state index in [1.165, 1.54) is 33.2 Å². The lowest BCUT2D eigenvalue weighted by atomic mass is 9.41. The number of rotatable bonds is 7. The van der Waals surface area contributed by atoms with Gasteiger partial charge in [-0.2, -0.15) is 10.5 Å². The van der Waals surface area contributed by atoms with Gasteiger partial charge in [-0.15, -0.1) is 0 Å². The maximum atomic E-state index is 10.6. The van der Waals surface area contributed by atoms with Crippen molar-refractivity contribution < 1.29 is 0 Å². The first-order chi connectivity index (χ1) is 19.9. The van der Waals surface area contributed by atoms with Gasteiger partial charge in [-0.3, -0.25) is 0 Å². The highest BCUT2D eigenvalue weighted by Crippen LogP contribution is 2.39. The van der Waals surface area contributed by atoms with Gasteiger partial charge in [0.15, 0.2) is 0 Å². The Morgan fingerprint density at radius 3 is 1.54 bits per heavy atom. The lowest BCUT2D eigenvalue weighted by Crippen LogP contribution is -2.58. The molecular weight excluding hydrogens is 497 g/mol. The van der Waals surface area contributed by atoms with Crippen LogP contribution in [0.5, 0.6) is 0 Å². The standard InChI is InChI=1S/C37H36BN3/c1-5-7-13-25-19-27(23-39)35-29(21-25)30-22-26(14-8-6-2)20-28(24-40)36(30)41(35)38-33-17-11-9-15-31(33)37(3,4)32-16-10-12-18-34(32)38/h9-12,15-22H,5-8,13-14H2,1-4H3. The molecule has 0 radical (unpaired) electrons. The van der Waals surface area contributed by atoms with E-state index in [1.54, 1.807) is 0 Å². The van der Waals surface area contributed by atoms with Crippen LogP contribution in [0.1, 0.15) is 86.8 Å². The van der Waals surface area contributed by atoms with E-state index in [0.29, 0.717) is 11.1 Å². The second-order valence-corrected chi connectivity index (χ2v) is 12.1. The quantitative estimate of drug-likeness (QED) is 0.203. The van der Waals surface area contributed by atoms with E-state index in [9.17, 15) is 10.5 Å². The molecule has 4 aromatic carbocycles. The SMILES string of the molecule is CCCCc1cc(C#N)c2c(c1)c1cc(CCCC)cc(C#N)c1n2B1c2ccccc2C(C)(C)c2ccccc21. The monoisotopic (exact) mass is 533 g/mol. The lowest BCUT2D eigenvalue weighted by molar-refractivity contribution is 0.645. The van der Waals surface area contributed by atoms with Gasteiger partial charge in [0.2, 0.25) is 0 Å². The fourth-order valence-corrected chi connectivity index (χ4v) is 7.11. The molecule has 0 bridgehead atoms. The summed E-state index contributed by atoms with van der Waals surface area (Å²) in [7, 11) is 0. The molecule has 3 nitrogen and oxygen atoms in total. The predicted molar refractivity (Wildman–Crippen MR) is 172 cm³/mol. The van der Waals surface area contributed by atoms with Crippen LogP contribution in [-0.2, 0) is 18.3 Å². The van der Waals surface area contributed by atoms with Gasteiger partial charge in [-0.05, 0) is 83.1 Å². The Labute approximate surface area is 244 Å². The van der Waals surface area contributed by atoms with E-state index in [2.05, 4.69) is 117 Å². The van der Waals surface area contributed by atoms with Crippen molar-refractivity contribution in [2.24, 2.45) is 0 Å². The molecular formula is C37H36BN3. The van der Waals surface area contributed by atoms with Gasteiger partial charge in [0, 0.05) is 16.2 Å². The second-order valence-electron chi connectivity index (χ2n) is 12.1. The van der Waals surface area contributed by atoms with Crippen LogP contribution >= 0.6 is 0 Å². The summed E-state index contributed by atoms with van der Waals surface area (Å²) in [6.07, 6.45) is 6.26. The van der Waals surface area contributed by atoms with Crippen molar-refractivity contribution in [3.8, 4) is 12.1 Å². The number of unbranched alkanes of at least 4 members (excludes halogenated alkanes) is 2. The highest BCUT2D eigenvalue weighted by molar-refractivity contribution is 6.86. The van der Waals surface area contributed by atoms with Crippen molar-refractivity contribution in [2.45, 2.75) is 71.6 Å². The van der Waals surface area contributed by atoms with Crippen molar-refractivity contribution in [2.75, 3.05) is 0 Å². The summed E-state index contributed by atoms with van der Waals surface area (Å²) in [6.45, 7) is 8.85. The van der Waals surface area contributed by atoms with Gasteiger partial charge in [0.05, 0.1) is 22.2 Å². The molecule has 0 amide bonds. The van der Waals surface area contributed by atoms with Crippen LogP contribution in [0.2, 0.25) is 0 Å². The third kappa shape index (κ3) is 4.25. The van der Waals surface area contributed by atoms with E-state index < -0.39 is 0 Å². The lowest BCUT2D eigenvalue weighted by Gasteiger charge is -2.39. The van der Waals surface area contributed by atoms with Gasteiger partial charge < -0.3 is 4.48 Å². The number of nitriles is 2. The average molecular weight is 534 g/mol. The molecule has 1 aliphatic heterocycles. The van der Waals surface area contributed by atoms with Gasteiger partial charge in [-0.1, -0.05) is 89.1 Å².